The fourth-order valence-electron chi connectivity index (χ4n) is 1.00. The van der Waals surface area contributed by atoms with E-state index in [0.29, 0.717) is 12.1 Å². The van der Waals surface area contributed by atoms with Gasteiger partial charge in [0, 0.05) is 34.1 Å². The fraction of sp³-hybridized carbons (Fsp3) is 0.300. The maximum atomic E-state index is 11.2. The van der Waals surface area contributed by atoms with Crippen LogP contribution in [0.25, 0.3) is 0 Å². The summed E-state index contributed by atoms with van der Waals surface area (Å²) in [5.41, 5.74) is 0.699. The second-order valence-corrected chi connectivity index (χ2v) is 4.26. The largest absolute Gasteiger partial charge is 0.326 e. The number of rotatable bonds is 3. The summed E-state index contributed by atoms with van der Waals surface area (Å²) in [4.78, 5) is 11.8. The maximum Gasteiger partial charge on any atom is 0.224 e. The van der Waals surface area contributed by atoms with Crippen molar-refractivity contribution in [3.05, 3.63) is 24.3 Å². The molecule has 76 valence electrons. The molecule has 1 rings (SSSR count). The molecule has 1 unspecified atom stereocenters. The molecule has 0 spiro atoms. The number of hydrogen-bond acceptors (Lipinski definition) is 2. The second kappa shape index (κ2) is 4.91. The molecule has 1 aromatic carbocycles. The number of hydrogen-bond donors (Lipinski definition) is 1. The van der Waals surface area contributed by atoms with Gasteiger partial charge in [0.1, 0.15) is 0 Å². The molecule has 0 bridgehead atoms. The maximum absolute atomic E-state index is 11.2. The molecule has 0 fully saturated rings. The molecule has 0 radical (unpaired) electrons. The minimum absolute atomic E-state index is 0.0379. The molecular formula is C10H13NO2S. The number of anilines is 1. The lowest BCUT2D eigenvalue weighted by Crippen LogP contribution is -2.09. The Bertz CT molecular complexity index is 363. The summed E-state index contributed by atoms with van der Waals surface area (Å²) in [5, 5.41) is 2.71. The summed E-state index contributed by atoms with van der Waals surface area (Å²) in [6.07, 6.45) is 2.06. The molecular weight excluding hydrogens is 198 g/mol. The van der Waals surface area contributed by atoms with E-state index in [1.807, 2.05) is 0 Å². The molecule has 0 aliphatic carbocycles. The van der Waals surface area contributed by atoms with E-state index in [-0.39, 0.29) is 5.91 Å². The van der Waals surface area contributed by atoms with Gasteiger partial charge in [0.2, 0.25) is 5.91 Å². The number of amides is 1. The molecule has 0 aliphatic rings. The quantitative estimate of drug-likeness (QED) is 0.828. The molecule has 3 nitrogen and oxygen atoms in total. The average Bonchev–Trinajstić information content (AvgIpc) is 2.18. The van der Waals surface area contributed by atoms with Crippen molar-refractivity contribution in [2.24, 2.45) is 0 Å². The van der Waals surface area contributed by atoms with Gasteiger partial charge in [-0.05, 0) is 18.2 Å². The van der Waals surface area contributed by atoms with Gasteiger partial charge in [-0.1, -0.05) is 13.0 Å². The Morgan fingerprint density at radius 1 is 1.50 bits per heavy atom. The van der Waals surface area contributed by atoms with Gasteiger partial charge >= 0.3 is 0 Å². The van der Waals surface area contributed by atoms with Gasteiger partial charge < -0.3 is 5.32 Å². The summed E-state index contributed by atoms with van der Waals surface area (Å²) in [7, 11) is -1.01. The van der Waals surface area contributed by atoms with E-state index in [0.717, 1.165) is 4.90 Å². The Kier molecular flexibility index (Phi) is 3.83. The van der Waals surface area contributed by atoms with Gasteiger partial charge in [0.25, 0.3) is 0 Å². The first-order chi connectivity index (χ1) is 6.63. The number of carbonyl (C=O) groups excluding carboxylic acids is 1. The van der Waals surface area contributed by atoms with Crippen LogP contribution in [-0.4, -0.2) is 16.4 Å². The van der Waals surface area contributed by atoms with Crippen LogP contribution in [0.1, 0.15) is 13.3 Å². The Labute approximate surface area is 86.0 Å². The van der Waals surface area contributed by atoms with E-state index in [2.05, 4.69) is 5.32 Å². The summed E-state index contributed by atoms with van der Waals surface area (Å²) in [5.74, 6) is -0.0379. The van der Waals surface area contributed by atoms with E-state index in [1.165, 1.54) is 0 Å². The number of benzene rings is 1. The first-order valence-electron chi connectivity index (χ1n) is 4.37. The van der Waals surface area contributed by atoms with Crippen molar-refractivity contribution in [2.45, 2.75) is 18.2 Å². The highest BCUT2D eigenvalue weighted by Gasteiger charge is 2.01. The lowest BCUT2D eigenvalue weighted by atomic mass is 10.3. The van der Waals surface area contributed by atoms with Crippen molar-refractivity contribution in [2.75, 3.05) is 11.6 Å². The monoisotopic (exact) mass is 211 g/mol. The first-order valence-corrected chi connectivity index (χ1v) is 5.92. The Balaban J connectivity index is 2.83. The Hall–Kier alpha value is -1.16. The third kappa shape index (κ3) is 2.96. The van der Waals surface area contributed by atoms with Crippen molar-refractivity contribution in [3.63, 3.8) is 0 Å². The molecule has 0 aromatic heterocycles. The predicted octanol–water partition coefficient (Wildman–Crippen LogP) is 1.77. The molecule has 1 N–H and O–H groups in total. The number of nitrogens with one attached hydrogen (secondary N) is 1. The predicted molar refractivity (Wildman–Crippen MR) is 57.7 cm³/mol. The Morgan fingerprint density at radius 2 is 2.21 bits per heavy atom. The van der Waals surface area contributed by atoms with E-state index in [4.69, 9.17) is 0 Å². The molecule has 14 heavy (non-hydrogen) atoms. The molecule has 1 amide bonds. The van der Waals surface area contributed by atoms with Crippen molar-refractivity contribution in [3.8, 4) is 0 Å². The smallest absolute Gasteiger partial charge is 0.224 e. The summed E-state index contributed by atoms with van der Waals surface area (Å²) in [6, 6.07) is 7.06. The summed E-state index contributed by atoms with van der Waals surface area (Å²) in [6.45, 7) is 1.79. The molecule has 0 heterocycles. The lowest BCUT2D eigenvalue weighted by molar-refractivity contribution is -0.115. The zero-order valence-corrected chi connectivity index (χ0v) is 9.06. The molecule has 1 aromatic rings. The third-order valence-electron chi connectivity index (χ3n) is 1.77. The fourth-order valence-corrected chi connectivity index (χ4v) is 1.57. The van der Waals surface area contributed by atoms with Crippen LogP contribution in [0, 0.1) is 0 Å². The van der Waals surface area contributed by atoms with Gasteiger partial charge in [-0.3, -0.25) is 9.00 Å². The van der Waals surface area contributed by atoms with Crippen molar-refractivity contribution < 1.29 is 9.00 Å². The molecule has 0 saturated heterocycles. The first kappa shape index (κ1) is 10.9. The summed E-state index contributed by atoms with van der Waals surface area (Å²) < 4.78 is 11.2. The van der Waals surface area contributed by atoms with Gasteiger partial charge in [0.15, 0.2) is 0 Å². The SMILES string of the molecule is CCC(=O)Nc1cccc(S(C)=O)c1. The van der Waals surface area contributed by atoms with Crippen LogP contribution >= 0.6 is 0 Å². The normalized spacial score (nSPS) is 12.1. The third-order valence-corrected chi connectivity index (χ3v) is 2.69. The van der Waals surface area contributed by atoms with Gasteiger partial charge in [-0.25, -0.2) is 0 Å². The topological polar surface area (TPSA) is 46.2 Å². The summed E-state index contributed by atoms with van der Waals surface area (Å²) >= 11 is 0. The van der Waals surface area contributed by atoms with Crippen LogP contribution in [0.4, 0.5) is 5.69 Å². The van der Waals surface area contributed by atoms with Crippen molar-refractivity contribution in [1.82, 2.24) is 0 Å². The van der Waals surface area contributed by atoms with Crippen molar-refractivity contribution >= 4 is 22.4 Å². The van der Waals surface area contributed by atoms with Crippen LogP contribution < -0.4 is 5.32 Å². The minimum atomic E-state index is -1.01. The highest BCUT2D eigenvalue weighted by Crippen LogP contribution is 2.13. The molecule has 1 atom stereocenters. The van der Waals surface area contributed by atoms with E-state index in [1.54, 1.807) is 37.4 Å². The number of carbonyl (C=O) groups is 1. The van der Waals surface area contributed by atoms with Gasteiger partial charge in [-0.15, -0.1) is 0 Å². The van der Waals surface area contributed by atoms with Crippen LogP contribution in [-0.2, 0) is 15.6 Å². The zero-order chi connectivity index (χ0) is 10.6. The van der Waals surface area contributed by atoms with Crippen molar-refractivity contribution in [1.29, 1.82) is 0 Å². The molecule has 0 aliphatic heterocycles. The highest BCUT2D eigenvalue weighted by molar-refractivity contribution is 7.84. The van der Waals surface area contributed by atoms with Gasteiger partial charge in [-0.2, -0.15) is 0 Å². The highest BCUT2D eigenvalue weighted by atomic mass is 32.2. The van der Waals surface area contributed by atoms with E-state index >= 15 is 0 Å². The van der Waals surface area contributed by atoms with Crippen LogP contribution in [0.3, 0.4) is 0 Å². The molecule has 0 saturated carbocycles. The average molecular weight is 211 g/mol. The minimum Gasteiger partial charge on any atom is -0.326 e. The van der Waals surface area contributed by atoms with E-state index in [9.17, 15) is 9.00 Å². The van der Waals surface area contributed by atoms with Crippen LogP contribution in [0.2, 0.25) is 0 Å². The van der Waals surface area contributed by atoms with Crippen LogP contribution in [0.5, 0.6) is 0 Å². The van der Waals surface area contributed by atoms with Crippen LogP contribution in [0.15, 0.2) is 29.2 Å². The second-order valence-electron chi connectivity index (χ2n) is 2.88. The van der Waals surface area contributed by atoms with E-state index < -0.39 is 10.8 Å². The lowest BCUT2D eigenvalue weighted by Gasteiger charge is -2.04. The Morgan fingerprint density at radius 3 is 2.79 bits per heavy atom. The standard InChI is InChI=1S/C10H13NO2S/c1-3-10(12)11-8-5-4-6-9(7-8)14(2)13/h4-7H,3H2,1-2H3,(H,11,12). The molecule has 4 heteroatoms. The zero-order valence-electron chi connectivity index (χ0n) is 8.24. The van der Waals surface area contributed by atoms with Gasteiger partial charge in [0.05, 0.1) is 0 Å².